The third-order valence-electron chi connectivity index (χ3n) is 8.07. The first-order valence-electron chi connectivity index (χ1n) is 14.9. The number of anilines is 1. The highest BCUT2D eigenvalue weighted by Crippen LogP contribution is 2.36. The van der Waals surface area contributed by atoms with Crippen molar-refractivity contribution in [2.45, 2.75) is 39.4 Å². The summed E-state index contributed by atoms with van der Waals surface area (Å²) in [5, 5.41) is 9.78. The Bertz CT molecular complexity index is 1570. The van der Waals surface area contributed by atoms with E-state index in [4.69, 9.17) is 11.6 Å². The lowest BCUT2D eigenvalue weighted by atomic mass is 9.96. The maximum absolute atomic E-state index is 13.8. The molecule has 0 unspecified atom stereocenters. The second kappa shape index (κ2) is 13.2. The van der Waals surface area contributed by atoms with Crippen molar-refractivity contribution >= 4 is 35.0 Å². The van der Waals surface area contributed by atoms with E-state index in [1.165, 1.54) is 46.9 Å². The van der Waals surface area contributed by atoms with Crippen LogP contribution in [0.5, 0.6) is 0 Å². The predicted octanol–water partition coefficient (Wildman–Crippen LogP) is 4.15. The van der Waals surface area contributed by atoms with Gasteiger partial charge in [0.25, 0.3) is 11.8 Å². The molecule has 0 radical (unpaired) electrons. The van der Waals surface area contributed by atoms with Gasteiger partial charge in [0.05, 0.1) is 28.0 Å². The molecule has 0 spiro atoms. The summed E-state index contributed by atoms with van der Waals surface area (Å²) in [6.45, 7) is 7.39. The molecule has 3 aromatic rings. The van der Waals surface area contributed by atoms with Gasteiger partial charge in [-0.05, 0) is 50.0 Å². The molecule has 242 valence electrons. The van der Waals surface area contributed by atoms with Crippen LogP contribution >= 0.6 is 11.6 Å². The number of rotatable bonds is 7. The average molecular weight is 649 g/mol. The maximum atomic E-state index is 13.8. The Morgan fingerprint density at radius 2 is 1.76 bits per heavy atom. The summed E-state index contributed by atoms with van der Waals surface area (Å²) in [6, 6.07) is 4.47. The molecule has 15 heteroatoms. The van der Waals surface area contributed by atoms with Gasteiger partial charge in [0.2, 0.25) is 5.91 Å². The number of nitrogens with one attached hydrogen (secondary N) is 2. The first-order chi connectivity index (χ1) is 21.3. The minimum Gasteiger partial charge on any atom is -0.339 e. The summed E-state index contributed by atoms with van der Waals surface area (Å²) in [5.74, 6) is -0.832. The molecule has 0 atom stereocenters. The van der Waals surface area contributed by atoms with Gasteiger partial charge in [-0.2, -0.15) is 18.3 Å². The molecule has 11 nitrogen and oxygen atoms in total. The molecule has 4 heterocycles. The zero-order valence-corrected chi connectivity index (χ0v) is 26.1. The molecule has 2 aliphatic heterocycles. The molecule has 0 saturated carbocycles. The number of piperidine rings is 1. The smallest absolute Gasteiger partial charge is 0.339 e. The normalized spacial score (nSPS) is 16.4. The number of hydrogen-bond acceptors (Lipinski definition) is 6. The third kappa shape index (κ3) is 7.17. The summed E-state index contributed by atoms with van der Waals surface area (Å²) >= 11 is 6.46. The van der Waals surface area contributed by atoms with Crippen LogP contribution in [-0.4, -0.2) is 86.1 Å². The largest absolute Gasteiger partial charge is 0.435 e. The number of halogens is 4. The Balaban J connectivity index is 1.24. The van der Waals surface area contributed by atoms with Gasteiger partial charge in [-0.15, -0.1) is 0 Å². The highest BCUT2D eigenvalue weighted by Gasteiger charge is 2.39. The van der Waals surface area contributed by atoms with Gasteiger partial charge >= 0.3 is 6.18 Å². The van der Waals surface area contributed by atoms with Crippen molar-refractivity contribution in [3.8, 4) is 11.3 Å². The maximum Gasteiger partial charge on any atom is 0.435 e. The minimum absolute atomic E-state index is 0.0223. The highest BCUT2D eigenvalue weighted by atomic mass is 35.5. The summed E-state index contributed by atoms with van der Waals surface area (Å²) in [5.41, 5.74) is -0.618. The summed E-state index contributed by atoms with van der Waals surface area (Å²) in [6.07, 6.45) is -0.543. The van der Waals surface area contributed by atoms with Gasteiger partial charge in [-0.3, -0.25) is 19.1 Å². The Morgan fingerprint density at radius 1 is 1.09 bits per heavy atom. The number of nitrogens with zero attached hydrogens (tertiary/aromatic N) is 6. The molecule has 45 heavy (non-hydrogen) atoms. The highest BCUT2D eigenvalue weighted by molar-refractivity contribution is 6.34. The zero-order chi connectivity index (χ0) is 32.5. The van der Waals surface area contributed by atoms with Crippen LogP contribution in [0.25, 0.3) is 11.3 Å². The number of imidazole rings is 1. The summed E-state index contributed by atoms with van der Waals surface area (Å²) < 4.78 is 43.9. The van der Waals surface area contributed by atoms with E-state index in [0.29, 0.717) is 32.7 Å². The fourth-order valence-corrected chi connectivity index (χ4v) is 6.00. The molecule has 3 amide bonds. The van der Waals surface area contributed by atoms with Crippen LogP contribution in [0.3, 0.4) is 0 Å². The lowest BCUT2D eigenvalue weighted by Crippen LogP contribution is -2.52. The van der Waals surface area contributed by atoms with Crippen molar-refractivity contribution in [2.75, 3.05) is 44.6 Å². The topological polar surface area (TPSA) is 117 Å². The van der Waals surface area contributed by atoms with E-state index in [0.717, 1.165) is 25.9 Å². The summed E-state index contributed by atoms with van der Waals surface area (Å²) in [7, 11) is 1.45. The van der Waals surface area contributed by atoms with Gasteiger partial charge < -0.3 is 25.0 Å². The Kier molecular flexibility index (Phi) is 9.54. The van der Waals surface area contributed by atoms with Crippen molar-refractivity contribution < 1.29 is 27.6 Å². The van der Waals surface area contributed by atoms with E-state index >= 15 is 0 Å². The first kappa shape index (κ1) is 32.5. The van der Waals surface area contributed by atoms with Crippen molar-refractivity contribution in [3.05, 3.63) is 52.7 Å². The van der Waals surface area contributed by atoms with Crippen molar-refractivity contribution in [1.29, 1.82) is 0 Å². The van der Waals surface area contributed by atoms with Crippen molar-refractivity contribution in [2.24, 2.45) is 18.9 Å². The van der Waals surface area contributed by atoms with Crippen molar-refractivity contribution in [1.82, 2.24) is 34.4 Å². The van der Waals surface area contributed by atoms with Gasteiger partial charge in [0.15, 0.2) is 11.5 Å². The molecule has 2 aliphatic rings. The monoisotopic (exact) mass is 648 g/mol. The van der Waals surface area contributed by atoms with E-state index in [1.54, 1.807) is 4.90 Å². The SMILES string of the molecule is CC(C)Cn1cc(-c2cnc(C(=O)Nc3ccc(C(=O)N4CCN(C(=O)C5CCNCC5)CC4)c(Cl)c3)n2C)c(C(F)(F)F)n1. The van der Waals surface area contributed by atoms with Crippen LogP contribution in [-0.2, 0) is 24.6 Å². The fourth-order valence-electron chi connectivity index (χ4n) is 5.74. The van der Waals surface area contributed by atoms with Crippen molar-refractivity contribution in [3.63, 3.8) is 0 Å². The first-order valence-corrected chi connectivity index (χ1v) is 15.3. The van der Waals surface area contributed by atoms with Crippen LogP contribution in [0.2, 0.25) is 5.02 Å². The lowest BCUT2D eigenvalue weighted by molar-refractivity contribution is -0.141. The minimum atomic E-state index is -4.70. The molecule has 5 rings (SSSR count). The molecule has 0 aliphatic carbocycles. The molecule has 2 saturated heterocycles. The molecule has 2 N–H and O–H groups in total. The number of aromatic nitrogens is 4. The Labute approximate surface area is 263 Å². The van der Waals surface area contributed by atoms with Crippen LogP contribution in [0.1, 0.15) is 53.4 Å². The number of piperazine rings is 1. The fraction of sp³-hybridized carbons (Fsp3) is 0.500. The molecule has 2 aromatic heterocycles. The quantitative estimate of drug-likeness (QED) is 0.398. The van der Waals surface area contributed by atoms with E-state index in [1.807, 2.05) is 18.7 Å². The van der Waals surface area contributed by atoms with Gasteiger partial charge in [0, 0.05) is 57.6 Å². The van der Waals surface area contributed by atoms with E-state index in [2.05, 4.69) is 20.7 Å². The molecular formula is C30H36ClF3N8O3. The van der Waals surface area contributed by atoms with Crippen LogP contribution in [0, 0.1) is 11.8 Å². The molecule has 2 fully saturated rings. The number of hydrogen-bond donors (Lipinski definition) is 2. The Morgan fingerprint density at radius 3 is 2.38 bits per heavy atom. The number of amides is 3. The van der Waals surface area contributed by atoms with Crippen LogP contribution < -0.4 is 10.6 Å². The third-order valence-corrected chi connectivity index (χ3v) is 8.39. The van der Waals surface area contributed by atoms with Gasteiger partial charge in [-0.1, -0.05) is 25.4 Å². The zero-order valence-electron chi connectivity index (χ0n) is 25.3. The molecular weight excluding hydrogens is 613 g/mol. The van der Waals surface area contributed by atoms with E-state index < -0.39 is 17.8 Å². The van der Waals surface area contributed by atoms with Gasteiger partial charge in [0.1, 0.15) is 0 Å². The van der Waals surface area contributed by atoms with E-state index in [-0.39, 0.29) is 57.0 Å². The molecule has 0 bridgehead atoms. The summed E-state index contributed by atoms with van der Waals surface area (Å²) in [4.78, 5) is 46.7. The standard InChI is InChI=1S/C30H36ClF3N8O3/c1-18(2)16-42-17-22(25(38-42)30(32,33)34)24-15-36-26(39(24)3)27(43)37-20-4-5-21(23(31)14-20)29(45)41-12-10-40(11-13-41)28(44)19-6-8-35-9-7-19/h4-5,14-15,17-19,35H,6-13,16H2,1-3H3,(H,37,43). The number of carbonyl (C=O) groups is 3. The van der Waals surface area contributed by atoms with Crippen LogP contribution in [0.15, 0.2) is 30.6 Å². The average Bonchev–Trinajstić information content (AvgIpc) is 3.60. The number of alkyl halides is 3. The van der Waals surface area contributed by atoms with E-state index in [9.17, 15) is 27.6 Å². The second-order valence-corrected chi connectivity index (χ2v) is 12.2. The number of carbonyl (C=O) groups excluding carboxylic acids is 3. The molecule has 1 aromatic carbocycles. The lowest BCUT2D eigenvalue weighted by Gasteiger charge is -2.37. The predicted molar refractivity (Wildman–Crippen MR) is 162 cm³/mol. The second-order valence-electron chi connectivity index (χ2n) is 11.8. The van der Waals surface area contributed by atoms with Gasteiger partial charge in [-0.25, -0.2) is 4.98 Å². The van der Waals surface area contributed by atoms with Crippen LogP contribution in [0.4, 0.5) is 18.9 Å². The number of benzene rings is 1. The Hall–Kier alpha value is -3.91.